The molecule has 158 valence electrons. The fourth-order valence-electron chi connectivity index (χ4n) is 4.95. The molecule has 1 atom stereocenters. The van der Waals surface area contributed by atoms with Gasteiger partial charge in [0.1, 0.15) is 12.6 Å². The summed E-state index contributed by atoms with van der Waals surface area (Å²) in [6.07, 6.45) is 6.69. The summed E-state index contributed by atoms with van der Waals surface area (Å²) in [5, 5.41) is 12.0. The number of rotatable bonds is 8. The summed E-state index contributed by atoms with van der Waals surface area (Å²) in [5.41, 5.74) is 4.60. The molecular formula is C25H29NO4. The molecule has 2 N–H and O–H groups in total. The molecule has 2 aromatic rings. The van der Waals surface area contributed by atoms with Crippen LogP contribution in [0.2, 0.25) is 0 Å². The number of carbonyl (C=O) groups excluding carboxylic acids is 1. The molecule has 1 unspecified atom stereocenters. The van der Waals surface area contributed by atoms with Gasteiger partial charge in [-0.3, -0.25) is 0 Å². The second-order valence-electron chi connectivity index (χ2n) is 8.44. The van der Waals surface area contributed by atoms with Crippen LogP contribution in [0.15, 0.2) is 48.5 Å². The average Bonchev–Trinajstić information content (AvgIpc) is 3.38. The van der Waals surface area contributed by atoms with Gasteiger partial charge in [-0.25, -0.2) is 9.59 Å². The van der Waals surface area contributed by atoms with E-state index >= 15 is 0 Å². The molecule has 5 nitrogen and oxygen atoms in total. The molecule has 0 aliphatic heterocycles. The number of aliphatic carboxylic acids is 1. The summed E-state index contributed by atoms with van der Waals surface area (Å²) in [4.78, 5) is 23.9. The number of carbonyl (C=O) groups is 2. The van der Waals surface area contributed by atoms with Crippen LogP contribution in [-0.4, -0.2) is 29.8 Å². The molecule has 0 bridgehead atoms. The minimum absolute atomic E-state index is 0.0335. The second kappa shape index (κ2) is 9.33. The Hall–Kier alpha value is -2.82. The molecular weight excluding hydrogens is 378 g/mol. The maximum Gasteiger partial charge on any atom is 0.407 e. The van der Waals surface area contributed by atoms with Crippen LogP contribution in [0.25, 0.3) is 11.1 Å². The molecule has 0 spiro atoms. The summed E-state index contributed by atoms with van der Waals surface area (Å²) in [5.74, 6) is -0.322. The number of ether oxygens (including phenoxy) is 1. The van der Waals surface area contributed by atoms with E-state index in [-0.39, 0.29) is 12.5 Å². The molecule has 0 aromatic heterocycles. The molecule has 1 amide bonds. The topological polar surface area (TPSA) is 75.6 Å². The highest BCUT2D eigenvalue weighted by atomic mass is 16.5. The van der Waals surface area contributed by atoms with Crippen molar-refractivity contribution in [2.75, 3.05) is 6.61 Å². The molecule has 1 saturated carbocycles. The summed E-state index contributed by atoms with van der Waals surface area (Å²) in [6, 6.07) is 15.4. The SMILES string of the molecule is O=C(NC(CCCC1CCCC1)C(=O)O)OCC1c2ccccc2-c2ccccc21. The first-order valence-corrected chi connectivity index (χ1v) is 11.0. The lowest BCUT2D eigenvalue weighted by atomic mass is 9.98. The highest BCUT2D eigenvalue weighted by Gasteiger charge is 2.29. The molecule has 2 aliphatic carbocycles. The van der Waals surface area contributed by atoms with Crippen molar-refractivity contribution in [1.82, 2.24) is 5.32 Å². The van der Waals surface area contributed by atoms with E-state index < -0.39 is 18.1 Å². The zero-order valence-electron chi connectivity index (χ0n) is 17.2. The number of alkyl carbamates (subject to hydrolysis) is 1. The number of carboxylic acids is 1. The van der Waals surface area contributed by atoms with Crippen molar-refractivity contribution in [3.05, 3.63) is 59.7 Å². The van der Waals surface area contributed by atoms with Crippen molar-refractivity contribution in [2.24, 2.45) is 5.92 Å². The van der Waals surface area contributed by atoms with Crippen molar-refractivity contribution < 1.29 is 19.4 Å². The third-order valence-electron chi connectivity index (χ3n) is 6.51. The van der Waals surface area contributed by atoms with Gasteiger partial charge >= 0.3 is 12.1 Å². The number of benzene rings is 2. The number of nitrogens with one attached hydrogen (secondary N) is 1. The quantitative estimate of drug-likeness (QED) is 0.619. The summed E-state index contributed by atoms with van der Waals surface area (Å²) in [6.45, 7) is 0.189. The minimum Gasteiger partial charge on any atom is -0.480 e. The van der Waals surface area contributed by atoms with Crippen molar-refractivity contribution >= 4 is 12.1 Å². The van der Waals surface area contributed by atoms with Crippen molar-refractivity contribution in [3.63, 3.8) is 0 Å². The first-order valence-electron chi connectivity index (χ1n) is 11.0. The van der Waals surface area contributed by atoms with Crippen LogP contribution < -0.4 is 5.32 Å². The van der Waals surface area contributed by atoms with Gasteiger partial charge in [0.2, 0.25) is 0 Å². The lowest BCUT2D eigenvalue weighted by Gasteiger charge is -2.18. The monoisotopic (exact) mass is 407 g/mol. The van der Waals surface area contributed by atoms with Crippen LogP contribution in [0, 0.1) is 5.92 Å². The number of carboxylic acid groups (broad SMARTS) is 1. The fraction of sp³-hybridized carbons (Fsp3) is 0.440. The van der Waals surface area contributed by atoms with Crippen LogP contribution in [0.3, 0.4) is 0 Å². The first-order chi connectivity index (χ1) is 14.6. The lowest BCUT2D eigenvalue weighted by Crippen LogP contribution is -2.41. The van der Waals surface area contributed by atoms with Crippen molar-refractivity contribution in [1.29, 1.82) is 0 Å². The van der Waals surface area contributed by atoms with Gasteiger partial charge in [0.05, 0.1) is 0 Å². The van der Waals surface area contributed by atoms with Gasteiger partial charge in [0.25, 0.3) is 0 Å². The Labute approximate surface area is 177 Å². The van der Waals surface area contributed by atoms with Crippen LogP contribution in [0.5, 0.6) is 0 Å². The van der Waals surface area contributed by atoms with Gasteiger partial charge in [-0.15, -0.1) is 0 Å². The smallest absolute Gasteiger partial charge is 0.407 e. The van der Waals surface area contributed by atoms with E-state index in [1.54, 1.807) is 0 Å². The maximum atomic E-state index is 12.4. The van der Waals surface area contributed by atoms with Gasteiger partial charge in [-0.05, 0) is 34.6 Å². The zero-order valence-corrected chi connectivity index (χ0v) is 17.2. The molecule has 1 fully saturated rings. The highest BCUT2D eigenvalue weighted by molar-refractivity contribution is 5.81. The first kappa shape index (κ1) is 20.5. The Morgan fingerprint density at radius 2 is 1.60 bits per heavy atom. The molecule has 4 rings (SSSR count). The predicted octanol–water partition coefficient (Wildman–Crippen LogP) is 5.34. The lowest BCUT2D eigenvalue weighted by molar-refractivity contribution is -0.139. The van der Waals surface area contributed by atoms with Gasteiger partial charge < -0.3 is 15.2 Å². The Bertz CT molecular complexity index is 858. The van der Waals surface area contributed by atoms with Crippen LogP contribution in [-0.2, 0) is 9.53 Å². The minimum atomic E-state index is -1.00. The standard InChI is InChI=1S/C25H29NO4/c27-24(28)23(15-7-10-17-8-1-2-9-17)26-25(29)30-16-22-20-13-5-3-11-18(20)19-12-4-6-14-21(19)22/h3-6,11-14,17,22-23H,1-2,7-10,15-16H2,(H,26,29)(H,27,28). The number of fused-ring (bicyclic) bond motifs is 3. The predicted molar refractivity (Wildman–Crippen MR) is 115 cm³/mol. The van der Waals surface area contributed by atoms with Crippen LogP contribution in [0.4, 0.5) is 4.79 Å². The zero-order chi connectivity index (χ0) is 20.9. The van der Waals surface area contributed by atoms with Gasteiger partial charge in [0, 0.05) is 5.92 Å². The second-order valence-corrected chi connectivity index (χ2v) is 8.44. The summed E-state index contributed by atoms with van der Waals surface area (Å²) in [7, 11) is 0. The number of hydrogen-bond donors (Lipinski definition) is 2. The molecule has 2 aromatic carbocycles. The third kappa shape index (κ3) is 4.50. The third-order valence-corrected chi connectivity index (χ3v) is 6.51. The van der Waals surface area contributed by atoms with E-state index in [9.17, 15) is 14.7 Å². The van der Waals surface area contributed by atoms with E-state index in [2.05, 4.69) is 29.6 Å². The Morgan fingerprint density at radius 1 is 1.00 bits per heavy atom. The van der Waals surface area contributed by atoms with Crippen molar-refractivity contribution in [3.8, 4) is 11.1 Å². The van der Waals surface area contributed by atoms with E-state index in [4.69, 9.17) is 4.74 Å². The van der Waals surface area contributed by atoms with E-state index in [0.717, 1.165) is 35.1 Å². The Balaban J connectivity index is 1.33. The summed E-state index contributed by atoms with van der Waals surface area (Å²) >= 11 is 0. The van der Waals surface area contributed by atoms with Gasteiger partial charge in [-0.2, -0.15) is 0 Å². The Kier molecular flexibility index (Phi) is 6.36. The number of hydrogen-bond acceptors (Lipinski definition) is 3. The average molecular weight is 408 g/mol. The number of amides is 1. The van der Waals surface area contributed by atoms with Crippen LogP contribution in [0.1, 0.15) is 62.0 Å². The van der Waals surface area contributed by atoms with Gasteiger partial charge in [-0.1, -0.05) is 87.1 Å². The van der Waals surface area contributed by atoms with Gasteiger partial charge in [0.15, 0.2) is 0 Å². The van der Waals surface area contributed by atoms with E-state index in [1.807, 2.05) is 24.3 Å². The maximum absolute atomic E-state index is 12.4. The normalized spacial score (nSPS) is 16.7. The molecule has 2 aliphatic rings. The van der Waals surface area contributed by atoms with E-state index in [1.165, 1.54) is 25.7 Å². The Morgan fingerprint density at radius 3 is 2.20 bits per heavy atom. The highest BCUT2D eigenvalue weighted by Crippen LogP contribution is 2.44. The van der Waals surface area contributed by atoms with E-state index in [0.29, 0.717) is 12.3 Å². The molecule has 30 heavy (non-hydrogen) atoms. The van der Waals surface area contributed by atoms with Crippen molar-refractivity contribution in [2.45, 2.75) is 56.9 Å². The molecule has 0 saturated heterocycles. The largest absolute Gasteiger partial charge is 0.480 e. The molecule has 0 radical (unpaired) electrons. The molecule has 0 heterocycles. The summed E-state index contributed by atoms with van der Waals surface area (Å²) < 4.78 is 5.49. The fourth-order valence-corrected chi connectivity index (χ4v) is 4.95. The van der Waals surface area contributed by atoms with Crippen LogP contribution >= 0.6 is 0 Å². The molecule has 5 heteroatoms.